The Morgan fingerprint density at radius 1 is 1.18 bits per heavy atom. The molecule has 0 unspecified atom stereocenters. The van der Waals surface area contributed by atoms with Crippen LogP contribution in [0.2, 0.25) is 0 Å². The van der Waals surface area contributed by atoms with E-state index in [4.69, 9.17) is 9.52 Å². The van der Waals surface area contributed by atoms with Crippen LogP contribution in [0, 0.1) is 0 Å². The van der Waals surface area contributed by atoms with Gasteiger partial charge in [0.25, 0.3) is 0 Å². The van der Waals surface area contributed by atoms with E-state index in [0.717, 1.165) is 16.6 Å². The predicted octanol–water partition coefficient (Wildman–Crippen LogP) is 2.28. The Balaban J connectivity index is 2.09. The normalized spacial score (nSPS) is 10.8. The van der Waals surface area contributed by atoms with Crippen LogP contribution in [0.25, 0.3) is 22.1 Å². The minimum Gasteiger partial charge on any atom is -0.422 e. The molecule has 2 aromatic heterocycles. The number of likely N-dealkylation sites (N-methyl/N-ethyl adjacent to an activating group) is 1. The highest BCUT2D eigenvalue weighted by Gasteiger charge is 2.09. The molecule has 5 heteroatoms. The van der Waals surface area contributed by atoms with Crippen LogP contribution in [0.15, 0.2) is 58.0 Å². The van der Waals surface area contributed by atoms with Gasteiger partial charge in [-0.25, -0.2) is 4.79 Å². The van der Waals surface area contributed by atoms with Crippen LogP contribution in [-0.2, 0) is 0 Å². The summed E-state index contributed by atoms with van der Waals surface area (Å²) in [5.41, 5.74) is 2.35. The molecule has 0 fully saturated rings. The van der Waals surface area contributed by atoms with Crippen molar-refractivity contribution in [2.75, 3.05) is 25.1 Å². The second-order valence-corrected chi connectivity index (χ2v) is 5.05. The number of hydrogen-bond donors (Lipinski definition) is 1. The molecule has 5 nitrogen and oxygen atoms in total. The molecule has 0 bridgehead atoms. The van der Waals surface area contributed by atoms with Gasteiger partial charge in [-0.1, -0.05) is 0 Å². The summed E-state index contributed by atoms with van der Waals surface area (Å²) < 4.78 is 5.45. The molecule has 0 aliphatic rings. The zero-order chi connectivity index (χ0) is 15.5. The molecular formula is C17H16N2O3. The smallest absolute Gasteiger partial charge is 0.344 e. The molecule has 0 atom stereocenters. The number of rotatable bonds is 4. The highest BCUT2D eigenvalue weighted by Crippen LogP contribution is 2.24. The Morgan fingerprint density at radius 3 is 2.68 bits per heavy atom. The van der Waals surface area contributed by atoms with Gasteiger partial charge >= 0.3 is 5.63 Å². The molecule has 112 valence electrons. The molecule has 0 saturated carbocycles. The van der Waals surface area contributed by atoms with Crippen molar-refractivity contribution in [1.82, 2.24) is 4.98 Å². The van der Waals surface area contributed by atoms with Gasteiger partial charge in [-0.2, -0.15) is 0 Å². The van der Waals surface area contributed by atoms with Crippen molar-refractivity contribution in [2.45, 2.75) is 0 Å². The van der Waals surface area contributed by atoms with Crippen molar-refractivity contribution < 1.29 is 9.52 Å². The zero-order valence-electron chi connectivity index (χ0n) is 12.2. The maximum absolute atomic E-state index is 12.2. The predicted molar refractivity (Wildman–Crippen MR) is 86.1 cm³/mol. The zero-order valence-corrected chi connectivity index (χ0v) is 12.2. The summed E-state index contributed by atoms with van der Waals surface area (Å²) in [7, 11) is 1.88. The monoisotopic (exact) mass is 296 g/mol. The summed E-state index contributed by atoms with van der Waals surface area (Å²) in [6.07, 6.45) is 3.29. The Morgan fingerprint density at radius 2 is 1.95 bits per heavy atom. The van der Waals surface area contributed by atoms with Crippen molar-refractivity contribution in [3.05, 3.63) is 59.2 Å². The number of benzene rings is 1. The molecule has 0 aliphatic heterocycles. The highest BCUT2D eigenvalue weighted by molar-refractivity contribution is 5.84. The summed E-state index contributed by atoms with van der Waals surface area (Å²) in [6.45, 7) is 0.588. The summed E-state index contributed by atoms with van der Waals surface area (Å²) in [5, 5.41) is 9.85. The summed E-state index contributed by atoms with van der Waals surface area (Å²) >= 11 is 0. The van der Waals surface area contributed by atoms with E-state index in [2.05, 4.69) is 4.98 Å². The van der Waals surface area contributed by atoms with Crippen molar-refractivity contribution in [3.8, 4) is 11.1 Å². The minimum absolute atomic E-state index is 0.0689. The van der Waals surface area contributed by atoms with Crippen LogP contribution >= 0.6 is 0 Å². The second kappa shape index (κ2) is 5.99. The highest BCUT2D eigenvalue weighted by atomic mass is 16.4. The Kier molecular flexibility index (Phi) is 3.89. The van der Waals surface area contributed by atoms with E-state index < -0.39 is 0 Å². The quantitative estimate of drug-likeness (QED) is 0.748. The van der Waals surface area contributed by atoms with Crippen LogP contribution < -0.4 is 10.5 Å². The minimum atomic E-state index is -0.374. The van der Waals surface area contributed by atoms with Crippen LogP contribution in [0.1, 0.15) is 0 Å². The van der Waals surface area contributed by atoms with Gasteiger partial charge < -0.3 is 14.4 Å². The lowest BCUT2D eigenvalue weighted by molar-refractivity contribution is 0.304. The molecule has 0 amide bonds. The van der Waals surface area contributed by atoms with Crippen molar-refractivity contribution in [3.63, 3.8) is 0 Å². The third-order valence-electron chi connectivity index (χ3n) is 3.59. The number of pyridine rings is 1. The van der Waals surface area contributed by atoms with Gasteiger partial charge in [-0.05, 0) is 35.9 Å². The lowest BCUT2D eigenvalue weighted by Crippen LogP contribution is -2.20. The second-order valence-electron chi connectivity index (χ2n) is 5.05. The number of nitrogens with zero attached hydrogens (tertiary/aromatic N) is 2. The number of hydrogen-bond acceptors (Lipinski definition) is 5. The average molecular weight is 296 g/mol. The fourth-order valence-electron chi connectivity index (χ4n) is 2.35. The molecule has 0 saturated heterocycles. The van der Waals surface area contributed by atoms with E-state index >= 15 is 0 Å². The maximum Gasteiger partial charge on any atom is 0.344 e. The number of fused-ring (bicyclic) bond motifs is 1. The van der Waals surface area contributed by atoms with Gasteiger partial charge in [0.05, 0.1) is 12.2 Å². The number of aromatic nitrogens is 1. The molecule has 1 N–H and O–H groups in total. The van der Waals surface area contributed by atoms with Gasteiger partial charge in [0.15, 0.2) is 0 Å². The molecule has 0 aliphatic carbocycles. The van der Waals surface area contributed by atoms with E-state index in [0.29, 0.717) is 17.7 Å². The lowest BCUT2D eigenvalue weighted by Gasteiger charge is -2.17. The topological polar surface area (TPSA) is 66.6 Å². The van der Waals surface area contributed by atoms with E-state index in [9.17, 15) is 4.79 Å². The molecule has 0 spiro atoms. The van der Waals surface area contributed by atoms with Crippen LogP contribution in [-0.4, -0.2) is 30.3 Å². The standard InChI is InChI=1S/C17H16N2O3/c1-19(8-9-20)14-3-2-13-10-15(12-4-6-18-7-5-12)17(21)22-16(13)11-14/h2-7,10-11,20H,8-9H2,1H3. The molecule has 0 radical (unpaired) electrons. The lowest BCUT2D eigenvalue weighted by atomic mass is 10.1. The van der Waals surface area contributed by atoms with Gasteiger partial charge in [-0.3, -0.25) is 4.98 Å². The SMILES string of the molecule is CN(CCO)c1ccc2cc(-c3ccncc3)c(=O)oc2c1. The number of aliphatic hydroxyl groups excluding tert-OH is 1. The molecular weight excluding hydrogens is 280 g/mol. The fraction of sp³-hybridized carbons (Fsp3) is 0.176. The maximum atomic E-state index is 12.2. The van der Waals surface area contributed by atoms with Crippen LogP contribution in [0.3, 0.4) is 0 Å². The number of aliphatic hydroxyl groups is 1. The van der Waals surface area contributed by atoms with Crippen LogP contribution in [0.4, 0.5) is 5.69 Å². The molecule has 22 heavy (non-hydrogen) atoms. The average Bonchev–Trinajstić information content (AvgIpc) is 2.54. The van der Waals surface area contributed by atoms with Gasteiger partial charge in [0, 0.05) is 43.1 Å². The van der Waals surface area contributed by atoms with E-state index in [1.54, 1.807) is 24.5 Å². The molecule has 3 aromatic rings. The first-order chi connectivity index (χ1) is 10.7. The van der Waals surface area contributed by atoms with Crippen molar-refractivity contribution >= 4 is 16.7 Å². The van der Waals surface area contributed by atoms with E-state index in [-0.39, 0.29) is 12.2 Å². The third kappa shape index (κ3) is 2.71. The van der Waals surface area contributed by atoms with E-state index in [1.165, 1.54) is 0 Å². The molecule has 3 rings (SSSR count). The largest absolute Gasteiger partial charge is 0.422 e. The van der Waals surface area contributed by atoms with E-state index in [1.807, 2.05) is 36.2 Å². The molecule has 1 aromatic carbocycles. The van der Waals surface area contributed by atoms with Crippen molar-refractivity contribution in [2.24, 2.45) is 0 Å². The molecule has 2 heterocycles. The van der Waals surface area contributed by atoms with Gasteiger partial charge in [0.2, 0.25) is 0 Å². The first-order valence-corrected chi connectivity index (χ1v) is 6.99. The van der Waals surface area contributed by atoms with Crippen LogP contribution in [0.5, 0.6) is 0 Å². The summed E-state index contributed by atoms with van der Waals surface area (Å²) in [6, 6.07) is 11.0. The van der Waals surface area contributed by atoms with Gasteiger partial charge in [0.1, 0.15) is 5.58 Å². The van der Waals surface area contributed by atoms with Gasteiger partial charge in [-0.15, -0.1) is 0 Å². The summed E-state index contributed by atoms with van der Waals surface area (Å²) in [5.74, 6) is 0. The fourth-order valence-corrected chi connectivity index (χ4v) is 2.35. The first-order valence-electron chi connectivity index (χ1n) is 6.99. The third-order valence-corrected chi connectivity index (χ3v) is 3.59. The Hall–Kier alpha value is -2.66. The summed E-state index contributed by atoms with van der Waals surface area (Å²) in [4.78, 5) is 18.1. The van der Waals surface area contributed by atoms with Crippen molar-refractivity contribution in [1.29, 1.82) is 0 Å². The first kappa shape index (κ1) is 14.3. The number of anilines is 1. The Bertz CT molecular complexity index is 843. The Labute approximate surface area is 127 Å².